The fourth-order valence-corrected chi connectivity index (χ4v) is 2.86. The summed E-state index contributed by atoms with van der Waals surface area (Å²) in [5.74, 6) is 0.521. The molecule has 3 heteroatoms. The van der Waals surface area contributed by atoms with E-state index in [0.717, 1.165) is 18.7 Å². The molecule has 0 aromatic heterocycles. The Morgan fingerprint density at radius 1 is 1.10 bits per heavy atom. The molecule has 2 rings (SSSR count). The Morgan fingerprint density at radius 2 is 1.60 bits per heavy atom. The van der Waals surface area contributed by atoms with Crippen molar-refractivity contribution in [2.24, 2.45) is 0 Å². The average molecular weight is 272 g/mol. The lowest BCUT2D eigenvalue weighted by Gasteiger charge is -2.37. The van der Waals surface area contributed by atoms with Gasteiger partial charge < -0.3 is 4.74 Å². The van der Waals surface area contributed by atoms with Crippen molar-refractivity contribution in [1.82, 2.24) is 4.90 Å². The van der Waals surface area contributed by atoms with Gasteiger partial charge in [0.15, 0.2) is 0 Å². The minimum atomic E-state index is -0.176. The molecule has 0 saturated carbocycles. The van der Waals surface area contributed by atoms with Crippen LogP contribution >= 0.6 is 0 Å². The Balaban J connectivity index is 2.17. The summed E-state index contributed by atoms with van der Waals surface area (Å²) >= 11 is 0. The summed E-state index contributed by atoms with van der Waals surface area (Å²) in [7, 11) is 0. The lowest BCUT2D eigenvalue weighted by Crippen LogP contribution is -2.46. The van der Waals surface area contributed by atoms with E-state index in [1.165, 1.54) is 5.56 Å². The Bertz CT molecular complexity index is 465. The minimum Gasteiger partial charge on any atom is -0.373 e. The first-order chi connectivity index (χ1) is 9.51. The van der Waals surface area contributed by atoms with E-state index in [1.807, 2.05) is 0 Å². The molecule has 0 aliphatic carbocycles. The molecule has 1 aliphatic rings. The lowest BCUT2D eigenvalue weighted by atomic mass is 9.98. The van der Waals surface area contributed by atoms with Crippen LogP contribution in [0.2, 0.25) is 0 Å². The normalized spacial score (nSPS) is 25.4. The zero-order chi connectivity index (χ0) is 14.7. The summed E-state index contributed by atoms with van der Waals surface area (Å²) < 4.78 is 5.75. The molecular weight excluding hydrogens is 248 g/mol. The van der Waals surface area contributed by atoms with Crippen LogP contribution in [0.4, 0.5) is 0 Å². The van der Waals surface area contributed by atoms with Crippen molar-refractivity contribution in [2.45, 2.75) is 51.9 Å². The second kappa shape index (κ2) is 6.39. The molecule has 1 saturated heterocycles. The zero-order valence-corrected chi connectivity index (χ0v) is 12.8. The number of nitrogens with zero attached hydrogens (tertiary/aromatic N) is 2. The molecule has 0 spiro atoms. The van der Waals surface area contributed by atoms with Crippen molar-refractivity contribution in [2.75, 3.05) is 13.1 Å². The van der Waals surface area contributed by atoms with E-state index in [0.29, 0.717) is 5.92 Å². The molecule has 1 aromatic rings. The van der Waals surface area contributed by atoms with Gasteiger partial charge in [-0.05, 0) is 30.9 Å². The van der Waals surface area contributed by atoms with Crippen LogP contribution in [0.5, 0.6) is 0 Å². The Kier molecular flexibility index (Phi) is 4.80. The summed E-state index contributed by atoms with van der Waals surface area (Å²) in [5.41, 5.74) is 2.40. The van der Waals surface area contributed by atoms with Gasteiger partial charge in [0, 0.05) is 13.1 Å². The van der Waals surface area contributed by atoms with E-state index in [9.17, 15) is 5.26 Å². The van der Waals surface area contributed by atoms with E-state index < -0.39 is 0 Å². The highest BCUT2D eigenvalue weighted by Gasteiger charge is 2.28. The maximum absolute atomic E-state index is 9.55. The number of rotatable bonds is 3. The van der Waals surface area contributed by atoms with Crippen molar-refractivity contribution >= 4 is 0 Å². The van der Waals surface area contributed by atoms with E-state index in [1.54, 1.807) is 0 Å². The van der Waals surface area contributed by atoms with Gasteiger partial charge in [0.25, 0.3) is 0 Å². The van der Waals surface area contributed by atoms with Crippen LogP contribution in [0, 0.1) is 11.3 Å². The Labute approximate surface area is 122 Å². The molecule has 3 unspecified atom stereocenters. The maximum atomic E-state index is 9.55. The van der Waals surface area contributed by atoms with Crippen LogP contribution in [0.3, 0.4) is 0 Å². The topological polar surface area (TPSA) is 36.3 Å². The number of hydrogen-bond donors (Lipinski definition) is 0. The lowest BCUT2D eigenvalue weighted by molar-refractivity contribution is -0.0750. The molecule has 3 nitrogen and oxygen atoms in total. The molecule has 108 valence electrons. The van der Waals surface area contributed by atoms with Crippen molar-refractivity contribution < 1.29 is 4.74 Å². The molecular formula is C17H24N2O. The molecule has 3 atom stereocenters. The van der Waals surface area contributed by atoms with Crippen LogP contribution in [0.25, 0.3) is 0 Å². The van der Waals surface area contributed by atoms with Gasteiger partial charge in [-0.2, -0.15) is 5.26 Å². The van der Waals surface area contributed by atoms with Crippen molar-refractivity contribution in [1.29, 1.82) is 5.26 Å². The van der Waals surface area contributed by atoms with Crippen LogP contribution in [-0.4, -0.2) is 30.2 Å². The third kappa shape index (κ3) is 3.39. The van der Waals surface area contributed by atoms with E-state index in [-0.39, 0.29) is 18.2 Å². The molecule has 1 heterocycles. The van der Waals surface area contributed by atoms with Crippen molar-refractivity contribution in [3.8, 4) is 6.07 Å². The number of benzene rings is 1. The number of nitriles is 1. The second-order valence-corrected chi connectivity index (χ2v) is 6.06. The van der Waals surface area contributed by atoms with Gasteiger partial charge in [-0.25, -0.2) is 0 Å². The number of hydrogen-bond acceptors (Lipinski definition) is 3. The molecule has 20 heavy (non-hydrogen) atoms. The van der Waals surface area contributed by atoms with Crippen LogP contribution < -0.4 is 0 Å². The molecule has 0 N–H and O–H groups in total. The number of ether oxygens (including phenoxy) is 1. The van der Waals surface area contributed by atoms with Gasteiger partial charge in [0.05, 0.1) is 18.3 Å². The highest BCUT2D eigenvalue weighted by atomic mass is 16.5. The summed E-state index contributed by atoms with van der Waals surface area (Å²) in [6.07, 6.45) is 0.370. The first-order valence-electron chi connectivity index (χ1n) is 7.40. The van der Waals surface area contributed by atoms with Crippen molar-refractivity contribution in [3.63, 3.8) is 0 Å². The van der Waals surface area contributed by atoms with Gasteiger partial charge in [-0.15, -0.1) is 0 Å². The van der Waals surface area contributed by atoms with Gasteiger partial charge in [0.2, 0.25) is 0 Å². The van der Waals surface area contributed by atoms with Gasteiger partial charge in [-0.3, -0.25) is 4.90 Å². The van der Waals surface area contributed by atoms with Gasteiger partial charge in [0.1, 0.15) is 6.04 Å². The van der Waals surface area contributed by atoms with E-state index >= 15 is 0 Å². The third-order valence-corrected chi connectivity index (χ3v) is 3.85. The largest absolute Gasteiger partial charge is 0.373 e. The second-order valence-electron chi connectivity index (χ2n) is 6.06. The molecule has 0 radical (unpaired) electrons. The number of morpholine rings is 1. The van der Waals surface area contributed by atoms with Gasteiger partial charge in [-0.1, -0.05) is 38.1 Å². The first-order valence-corrected chi connectivity index (χ1v) is 7.40. The average Bonchev–Trinajstić information content (AvgIpc) is 2.39. The quantitative estimate of drug-likeness (QED) is 0.845. The minimum absolute atomic E-state index is 0.176. The van der Waals surface area contributed by atoms with Crippen LogP contribution in [0.1, 0.15) is 50.8 Å². The third-order valence-electron chi connectivity index (χ3n) is 3.85. The fraction of sp³-hybridized carbons (Fsp3) is 0.588. The molecule has 1 aromatic carbocycles. The first kappa shape index (κ1) is 15.0. The fourth-order valence-electron chi connectivity index (χ4n) is 2.86. The summed E-state index contributed by atoms with van der Waals surface area (Å²) in [5, 5.41) is 9.55. The highest BCUT2D eigenvalue weighted by molar-refractivity contribution is 5.30. The summed E-state index contributed by atoms with van der Waals surface area (Å²) in [4.78, 5) is 2.23. The molecule has 0 amide bonds. The van der Waals surface area contributed by atoms with Crippen LogP contribution in [0.15, 0.2) is 24.3 Å². The molecule has 1 aliphatic heterocycles. The predicted octanol–water partition coefficient (Wildman–Crippen LogP) is 3.48. The highest BCUT2D eigenvalue weighted by Crippen LogP contribution is 2.26. The molecule has 0 bridgehead atoms. The standard InChI is InChI=1S/C17H24N2O/c1-12(2)15-5-7-16(8-6-15)17(9-18)19-10-13(3)20-14(4)11-19/h5-8,12-14,17H,10-11H2,1-4H3. The smallest absolute Gasteiger partial charge is 0.124 e. The molecule has 1 fully saturated rings. The van der Waals surface area contributed by atoms with Crippen molar-refractivity contribution in [3.05, 3.63) is 35.4 Å². The van der Waals surface area contributed by atoms with Gasteiger partial charge >= 0.3 is 0 Å². The SMILES string of the molecule is CC1CN(C(C#N)c2ccc(C(C)C)cc2)CC(C)O1. The van der Waals surface area contributed by atoms with Crippen LogP contribution in [-0.2, 0) is 4.74 Å². The van der Waals surface area contributed by atoms with E-state index in [4.69, 9.17) is 4.74 Å². The Hall–Kier alpha value is -1.37. The summed E-state index contributed by atoms with van der Waals surface area (Å²) in [6, 6.07) is 10.7. The predicted molar refractivity (Wildman–Crippen MR) is 80.5 cm³/mol. The maximum Gasteiger partial charge on any atom is 0.124 e. The van der Waals surface area contributed by atoms with E-state index in [2.05, 4.69) is 62.9 Å². The Morgan fingerprint density at radius 3 is 2.05 bits per heavy atom. The summed E-state index contributed by atoms with van der Waals surface area (Å²) in [6.45, 7) is 10.1. The monoisotopic (exact) mass is 272 g/mol. The zero-order valence-electron chi connectivity index (χ0n) is 12.8.